The van der Waals surface area contributed by atoms with Crippen molar-refractivity contribution < 1.29 is 24.5 Å². The number of carboxylic acids is 1. The second-order valence-corrected chi connectivity index (χ2v) is 4.27. The van der Waals surface area contributed by atoms with Gasteiger partial charge in [0, 0.05) is 18.5 Å². The minimum atomic E-state index is -1.46. The minimum absolute atomic E-state index is 0.0346. The molecule has 0 radical (unpaired) electrons. The van der Waals surface area contributed by atoms with Gasteiger partial charge in [0.2, 0.25) is 0 Å². The molecule has 3 N–H and O–H groups in total. The molecule has 1 aromatic carbocycles. The van der Waals surface area contributed by atoms with Crippen LogP contribution >= 0.6 is 0 Å². The highest BCUT2D eigenvalue weighted by molar-refractivity contribution is 5.94. The standard InChI is InChI=1S/C14H19NO5/c1-2-8-20-11-5-3-4-10(9-11)13(17)15-7-6-12(16)14(18)19/h3-5,9,12,16H,2,6-8H2,1H3,(H,15,17)(H,18,19)/t12-/m0/s1. The molecule has 0 heterocycles. The highest BCUT2D eigenvalue weighted by atomic mass is 16.5. The van der Waals surface area contributed by atoms with Gasteiger partial charge in [-0.3, -0.25) is 4.79 Å². The largest absolute Gasteiger partial charge is 0.494 e. The summed E-state index contributed by atoms with van der Waals surface area (Å²) in [6.07, 6.45) is -0.620. The molecule has 1 atom stereocenters. The average Bonchev–Trinajstić information content (AvgIpc) is 2.45. The van der Waals surface area contributed by atoms with E-state index in [1.807, 2.05) is 6.92 Å². The Morgan fingerprint density at radius 3 is 2.80 bits per heavy atom. The number of carbonyl (C=O) groups excluding carboxylic acids is 1. The van der Waals surface area contributed by atoms with Gasteiger partial charge in [0.05, 0.1) is 6.61 Å². The van der Waals surface area contributed by atoms with Gasteiger partial charge in [0.1, 0.15) is 5.75 Å². The Hall–Kier alpha value is -2.08. The van der Waals surface area contributed by atoms with Crippen LogP contribution in [0.1, 0.15) is 30.1 Å². The zero-order chi connectivity index (χ0) is 15.0. The number of hydrogen-bond acceptors (Lipinski definition) is 4. The molecule has 0 spiro atoms. The molecule has 110 valence electrons. The van der Waals surface area contributed by atoms with Crippen LogP contribution in [0.15, 0.2) is 24.3 Å². The van der Waals surface area contributed by atoms with Crippen LogP contribution in [0.25, 0.3) is 0 Å². The zero-order valence-corrected chi connectivity index (χ0v) is 11.3. The first-order valence-corrected chi connectivity index (χ1v) is 6.46. The van der Waals surface area contributed by atoms with Crippen LogP contribution in [0.2, 0.25) is 0 Å². The number of nitrogens with one attached hydrogen (secondary N) is 1. The van der Waals surface area contributed by atoms with E-state index >= 15 is 0 Å². The lowest BCUT2D eigenvalue weighted by atomic mass is 10.2. The number of amides is 1. The smallest absolute Gasteiger partial charge is 0.332 e. The lowest BCUT2D eigenvalue weighted by molar-refractivity contribution is -0.146. The number of aliphatic carboxylic acids is 1. The van der Waals surface area contributed by atoms with Gasteiger partial charge in [-0.25, -0.2) is 4.79 Å². The number of hydrogen-bond donors (Lipinski definition) is 3. The van der Waals surface area contributed by atoms with Crippen LogP contribution in [-0.4, -0.2) is 41.3 Å². The Kier molecular flexibility index (Phi) is 6.52. The fourth-order valence-electron chi connectivity index (χ4n) is 1.49. The fraction of sp³-hybridized carbons (Fsp3) is 0.429. The minimum Gasteiger partial charge on any atom is -0.494 e. The van der Waals surface area contributed by atoms with Crippen molar-refractivity contribution in [2.24, 2.45) is 0 Å². The van der Waals surface area contributed by atoms with E-state index in [0.717, 1.165) is 6.42 Å². The molecule has 0 aliphatic rings. The van der Waals surface area contributed by atoms with Crippen molar-refractivity contribution in [3.8, 4) is 5.75 Å². The first kappa shape index (κ1) is 16.0. The zero-order valence-electron chi connectivity index (χ0n) is 11.3. The van der Waals surface area contributed by atoms with Crippen molar-refractivity contribution in [3.63, 3.8) is 0 Å². The molecule has 1 aromatic rings. The van der Waals surface area contributed by atoms with Gasteiger partial charge in [-0.1, -0.05) is 13.0 Å². The molecular formula is C14H19NO5. The number of carboxylic acid groups (broad SMARTS) is 1. The second kappa shape index (κ2) is 8.16. The third kappa shape index (κ3) is 5.27. The van der Waals surface area contributed by atoms with Gasteiger partial charge in [-0.2, -0.15) is 0 Å². The molecule has 0 fully saturated rings. The maximum atomic E-state index is 11.8. The van der Waals surface area contributed by atoms with Crippen LogP contribution in [0.4, 0.5) is 0 Å². The Labute approximate surface area is 117 Å². The maximum Gasteiger partial charge on any atom is 0.332 e. The van der Waals surface area contributed by atoms with Crippen LogP contribution < -0.4 is 10.1 Å². The van der Waals surface area contributed by atoms with E-state index in [0.29, 0.717) is 17.9 Å². The number of rotatable bonds is 8. The van der Waals surface area contributed by atoms with Crippen molar-refractivity contribution in [2.75, 3.05) is 13.2 Å². The lowest BCUT2D eigenvalue weighted by Crippen LogP contribution is -2.30. The third-order valence-electron chi connectivity index (χ3n) is 2.56. The molecule has 0 aliphatic carbocycles. The first-order valence-electron chi connectivity index (χ1n) is 6.46. The van der Waals surface area contributed by atoms with E-state index in [1.165, 1.54) is 0 Å². The van der Waals surface area contributed by atoms with Gasteiger partial charge in [0.15, 0.2) is 6.10 Å². The number of ether oxygens (including phenoxy) is 1. The molecule has 1 amide bonds. The molecule has 0 aliphatic heterocycles. The van der Waals surface area contributed by atoms with Gasteiger partial charge in [-0.15, -0.1) is 0 Å². The lowest BCUT2D eigenvalue weighted by Gasteiger charge is -2.09. The molecule has 1 rings (SSSR count). The predicted molar refractivity (Wildman–Crippen MR) is 72.8 cm³/mol. The van der Waals surface area contributed by atoms with Crippen LogP contribution in [0.3, 0.4) is 0 Å². The number of benzene rings is 1. The van der Waals surface area contributed by atoms with Gasteiger partial charge in [0.25, 0.3) is 5.91 Å². The summed E-state index contributed by atoms with van der Waals surface area (Å²) in [5.74, 6) is -1.01. The number of aliphatic hydroxyl groups is 1. The Morgan fingerprint density at radius 1 is 1.40 bits per heavy atom. The predicted octanol–water partition coefficient (Wildman–Crippen LogP) is 1.04. The second-order valence-electron chi connectivity index (χ2n) is 4.27. The average molecular weight is 281 g/mol. The maximum absolute atomic E-state index is 11.8. The van der Waals surface area contributed by atoms with Crippen LogP contribution in [0.5, 0.6) is 5.75 Å². The first-order chi connectivity index (χ1) is 9.54. The molecule has 0 bridgehead atoms. The van der Waals surface area contributed by atoms with E-state index in [9.17, 15) is 9.59 Å². The molecule has 6 heteroatoms. The van der Waals surface area contributed by atoms with Crippen molar-refractivity contribution >= 4 is 11.9 Å². The van der Waals surface area contributed by atoms with E-state index in [4.69, 9.17) is 14.9 Å². The molecule has 0 aromatic heterocycles. The molecule has 0 saturated carbocycles. The topological polar surface area (TPSA) is 95.9 Å². The summed E-state index contributed by atoms with van der Waals surface area (Å²) in [7, 11) is 0. The molecular weight excluding hydrogens is 262 g/mol. The van der Waals surface area contributed by atoms with Crippen LogP contribution in [0, 0.1) is 0 Å². The number of carbonyl (C=O) groups is 2. The summed E-state index contributed by atoms with van der Waals surface area (Å²) in [6, 6.07) is 6.74. The Balaban J connectivity index is 2.48. The highest BCUT2D eigenvalue weighted by Crippen LogP contribution is 2.13. The van der Waals surface area contributed by atoms with E-state index in [2.05, 4.69) is 5.32 Å². The van der Waals surface area contributed by atoms with E-state index in [1.54, 1.807) is 24.3 Å². The molecule has 0 saturated heterocycles. The van der Waals surface area contributed by atoms with Gasteiger partial charge >= 0.3 is 5.97 Å². The Bertz CT molecular complexity index is 461. The third-order valence-corrected chi connectivity index (χ3v) is 2.56. The fourth-order valence-corrected chi connectivity index (χ4v) is 1.49. The normalized spacial score (nSPS) is 11.7. The van der Waals surface area contributed by atoms with E-state index in [-0.39, 0.29) is 18.9 Å². The quantitative estimate of drug-likeness (QED) is 0.661. The molecule has 6 nitrogen and oxygen atoms in total. The molecule has 20 heavy (non-hydrogen) atoms. The van der Waals surface area contributed by atoms with E-state index < -0.39 is 12.1 Å². The van der Waals surface area contributed by atoms with Crippen molar-refractivity contribution in [1.82, 2.24) is 5.32 Å². The van der Waals surface area contributed by atoms with Crippen LogP contribution in [-0.2, 0) is 4.79 Å². The Morgan fingerprint density at radius 2 is 2.15 bits per heavy atom. The van der Waals surface area contributed by atoms with Gasteiger partial charge < -0.3 is 20.3 Å². The summed E-state index contributed by atoms with van der Waals surface area (Å²) in [6.45, 7) is 2.66. The summed E-state index contributed by atoms with van der Waals surface area (Å²) < 4.78 is 5.42. The van der Waals surface area contributed by atoms with Crippen molar-refractivity contribution in [2.45, 2.75) is 25.9 Å². The molecule has 0 unspecified atom stereocenters. The SMILES string of the molecule is CCCOc1cccc(C(=O)NCC[C@H](O)C(=O)O)c1. The number of aliphatic hydroxyl groups excluding tert-OH is 1. The summed E-state index contributed by atoms with van der Waals surface area (Å²) in [5, 5.41) is 20.1. The summed E-state index contributed by atoms with van der Waals surface area (Å²) in [5.41, 5.74) is 0.434. The summed E-state index contributed by atoms with van der Waals surface area (Å²) >= 11 is 0. The highest BCUT2D eigenvalue weighted by Gasteiger charge is 2.13. The monoisotopic (exact) mass is 281 g/mol. The van der Waals surface area contributed by atoms with Gasteiger partial charge in [-0.05, 0) is 24.6 Å². The van der Waals surface area contributed by atoms with Crippen molar-refractivity contribution in [3.05, 3.63) is 29.8 Å². The van der Waals surface area contributed by atoms with Crippen molar-refractivity contribution in [1.29, 1.82) is 0 Å². The summed E-state index contributed by atoms with van der Waals surface area (Å²) in [4.78, 5) is 22.2.